The average molecular weight is 831 g/mol. The second-order valence-corrected chi connectivity index (χ2v) is 16.2. The zero-order valence-corrected chi connectivity index (χ0v) is 35.1. The number of furan rings is 1. The van der Waals surface area contributed by atoms with Crippen molar-refractivity contribution in [2.45, 2.75) is 0 Å². The van der Waals surface area contributed by atoms with Gasteiger partial charge in [0.05, 0.1) is 22.8 Å². The number of fused-ring (bicyclic) bond motifs is 4. The van der Waals surface area contributed by atoms with Crippen molar-refractivity contribution >= 4 is 32.7 Å². The van der Waals surface area contributed by atoms with Crippen LogP contribution in [0.5, 0.6) is 0 Å². The summed E-state index contributed by atoms with van der Waals surface area (Å²) in [5.41, 5.74) is 15.5. The average Bonchev–Trinajstić information content (AvgIpc) is 3.77. The van der Waals surface area contributed by atoms with Crippen molar-refractivity contribution in [3.05, 3.63) is 231 Å². The molecule has 9 aromatic carbocycles. The SMILES string of the molecule is c1ccc(-c2cc(-c3ccccc3)nc(-c3ccc(-c4cc(-c5ccc(-c6nc(-c7ccccc7)cc(-c7cccc8ccccc78)n6)cc5)c5oc6ccccc6c5c4)cc3)n2)cc1. The van der Waals surface area contributed by atoms with E-state index in [9.17, 15) is 0 Å². The molecule has 0 bridgehead atoms. The molecule has 12 rings (SSSR count). The predicted molar refractivity (Wildman–Crippen MR) is 266 cm³/mol. The van der Waals surface area contributed by atoms with Crippen LogP contribution in [-0.2, 0) is 0 Å². The first-order valence-corrected chi connectivity index (χ1v) is 21.8. The summed E-state index contributed by atoms with van der Waals surface area (Å²) in [6.07, 6.45) is 0. The zero-order valence-electron chi connectivity index (χ0n) is 35.1. The van der Waals surface area contributed by atoms with E-state index in [1.54, 1.807) is 0 Å². The Labute approximate surface area is 376 Å². The Morgan fingerprint density at radius 2 is 0.723 bits per heavy atom. The van der Waals surface area contributed by atoms with Crippen LogP contribution < -0.4 is 0 Å². The van der Waals surface area contributed by atoms with E-state index in [-0.39, 0.29) is 0 Å². The highest BCUT2D eigenvalue weighted by Gasteiger charge is 2.18. The minimum absolute atomic E-state index is 0.665. The van der Waals surface area contributed by atoms with E-state index in [0.717, 1.165) is 106 Å². The van der Waals surface area contributed by atoms with Crippen molar-refractivity contribution in [1.29, 1.82) is 0 Å². The molecule has 3 aromatic heterocycles. The van der Waals surface area contributed by atoms with Crippen molar-refractivity contribution in [2.75, 3.05) is 0 Å². The third-order valence-electron chi connectivity index (χ3n) is 12.1. The van der Waals surface area contributed by atoms with E-state index in [0.29, 0.717) is 11.6 Å². The van der Waals surface area contributed by atoms with E-state index < -0.39 is 0 Å². The molecular formula is C60H38N4O. The summed E-state index contributed by atoms with van der Waals surface area (Å²) in [6, 6.07) is 79.7. The van der Waals surface area contributed by atoms with Gasteiger partial charge in [0.1, 0.15) is 11.2 Å². The van der Waals surface area contributed by atoms with Crippen molar-refractivity contribution < 1.29 is 4.42 Å². The highest BCUT2D eigenvalue weighted by atomic mass is 16.3. The number of hydrogen-bond acceptors (Lipinski definition) is 5. The maximum atomic E-state index is 6.64. The van der Waals surface area contributed by atoms with Crippen molar-refractivity contribution in [1.82, 2.24) is 19.9 Å². The maximum absolute atomic E-state index is 6.64. The molecule has 0 unspecified atom stereocenters. The van der Waals surface area contributed by atoms with E-state index in [2.05, 4.69) is 164 Å². The third kappa shape index (κ3) is 7.21. The molecule has 0 fully saturated rings. The third-order valence-corrected chi connectivity index (χ3v) is 12.1. The lowest BCUT2D eigenvalue weighted by Gasteiger charge is -2.12. The molecule has 5 nitrogen and oxygen atoms in total. The summed E-state index contributed by atoms with van der Waals surface area (Å²) < 4.78 is 6.64. The Bertz CT molecular complexity index is 3620. The van der Waals surface area contributed by atoms with Gasteiger partial charge in [-0.2, -0.15) is 0 Å². The van der Waals surface area contributed by atoms with Crippen LogP contribution in [0.2, 0.25) is 0 Å². The predicted octanol–water partition coefficient (Wildman–Crippen LogP) is 15.7. The zero-order chi connectivity index (χ0) is 43.1. The summed E-state index contributed by atoms with van der Waals surface area (Å²) >= 11 is 0. The minimum Gasteiger partial charge on any atom is -0.455 e. The summed E-state index contributed by atoms with van der Waals surface area (Å²) in [5, 5.41) is 4.46. The van der Waals surface area contributed by atoms with Crippen LogP contribution in [0.15, 0.2) is 235 Å². The molecule has 0 spiro atoms. The molecule has 0 amide bonds. The Morgan fingerprint density at radius 1 is 0.262 bits per heavy atom. The number of aromatic nitrogens is 4. The summed E-state index contributed by atoms with van der Waals surface area (Å²) in [7, 11) is 0. The largest absolute Gasteiger partial charge is 0.455 e. The van der Waals surface area contributed by atoms with Gasteiger partial charge in [0.2, 0.25) is 0 Å². The molecule has 65 heavy (non-hydrogen) atoms. The number of nitrogens with zero attached hydrogens (tertiary/aromatic N) is 4. The monoisotopic (exact) mass is 830 g/mol. The summed E-state index contributed by atoms with van der Waals surface area (Å²) in [5.74, 6) is 1.34. The van der Waals surface area contributed by atoms with Crippen LogP contribution in [0.1, 0.15) is 0 Å². The van der Waals surface area contributed by atoms with Gasteiger partial charge in [-0.15, -0.1) is 0 Å². The van der Waals surface area contributed by atoms with E-state index >= 15 is 0 Å². The van der Waals surface area contributed by atoms with Gasteiger partial charge in [-0.05, 0) is 57.8 Å². The molecular weight excluding hydrogens is 793 g/mol. The van der Waals surface area contributed by atoms with Gasteiger partial charge in [0, 0.05) is 49.7 Å². The fraction of sp³-hybridized carbons (Fsp3) is 0. The molecule has 0 N–H and O–H groups in total. The fourth-order valence-electron chi connectivity index (χ4n) is 8.83. The maximum Gasteiger partial charge on any atom is 0.160 e. The van der Waals surface area contributed by atoms with Crippen molar-refractivity contribution in [2.24, 2.45) is 0 Å². The summed E-state index contributed by atoms with van der Waals surface area (Å²) in [4.78, 5) is 20.5. The van der Waals surface area contributed by atoms with Crippen LogP contribution in [0.4, 0.5) is 0 Å². The van der Waals surface area contributed by atoms with E-state index in [1.165, 1.54) is 5.39 Å². The lowest BCUT2D eigenvalue weighted by Crippen LogP contribution is -1.96. The van der Waals surface area contributed by atoms with Crippen molar-refractivity contribution in [3.8, 4) is 90.1 Å². The second kappa shape index (κ2) is 16.2. The Morgan fingerprint density at radius 3 is 1.32 bits per heavy atom. The first-order chi connectivity index (χ1) is 32.2. The van der Waals surface area contributed by atoms with Crippen LogP contribution >= 0.6 is 0 Å². The molecule has 5 heteroatoms. The molecule has 0 aliphatic carbocycles. The minimum atomic E-state index is 0.665. The van der Waals surface area contributed by atoms with Crippen LogP contribution in [-0.4, -0.2) is 19.9 Å². The topological polar surface area (TPSA) is 64.7 Å². The van der Waals surface area contributed by atoms with Crippen LogP contribution in [0, 0.1) is 0 Å². The van der Waals surface area contributed by atoms with E-state index in [1.807, 2.05) is 66.7 Å². The molecule has 0 radical (unpaired) electrons. The molecule has 3 heterocycles. The number of benzene rings is 9. The molecule has 12 aromatic rings. The molecule has 0 aliphatic rings. The first-order valence-electron chi connectivity index (χ1n) is 21.8. The lowest BCUT2D eigenvalue weighted by molar-refractivity contribution is 0.670. The van der Waals surface area contributed by atoms with Crippen LogP contribution in [0.3, 0.4) is 0 Å². The Balaban J connectivity index is 0.944. The van der Waals surface area contributed by atoms with Gasteiger partial charge in [-0.1, -0.05) is 200 Å². The highest BCUT2D eigenvalue weighted by Crippen LogP contribution is 2.41. The van der Waals surface area contributed by atoms with Gasteiger partial charge < -0.3 is 4.42 Å². The number of rotatable bonds is 8. The first kappa shape index (κ1) is 37.9. The van der Waals surface area contributed by atoms with Gasteiger partial charge in [0.15, 0.2) is 11.6 Å². The normalized spacial score (nSPS) is 11.4. The van der Waals surface area contributed by atoms with Gasteiger partial charge >= 0.3 is 0 Å². The van der Waals surface area contributed by atoms with E-state index in [4.69, 9.17) is 24.4 Å². The molecule has 0 aliphatic heterocycles. The molecule has 304 valence electrons. The smallest absolute Gasteiger partial charge is 0.160 e. The quantitative estimate of drug-likeness (QED) is 0.153. The number of para-hydroxylation sites is 1. The second-order valence-electron chi connectivity index (χ2n) is 16.2. The fourth-order valence-corrected chi connectivity index (χ4v) is 8.83. The van der Waals surface area contributed by atoms with Crippen molar-refractivity contribution in [3.63, 3.8) is 0 Å². The molecule has 0 atom stereocenters. The Kier molecular flexibility index (Phi) is 9.42. The van der Waals surface area contributed by atoms with Gasteiger partial charge in [-0.3, -0.25) is 0 Å². The Hall–Kier alpha value is -8.80. The summed E-state index contributed by atoms with van der Waals surface area (Å²) in [6.45, 7) is 0. The molecule has 0 saturated heterocycles. The molecule has 0 saturated carbocycles. The lowest BCUT2D eigenvalue weighted by atomic mass is 9.94. The standard InChI is InChI=1S/C60H38N4O/c1-4-16-42(17-5-1)53-37-54(43-18-6-2-7-19-43)62-59(61-53)45-31-27-39(28-32-45)47-35-51(58-52(36-47)50-24-12-13-26-57(50)65-58)41-29-33-46(34-30-41)60-63-55(44-20-8-3-9-21-44)38-56(64-60)49-25-14-22-40-15-10-11-23-48(40)49/h1-38H. The van der Waals surface area contributed by atoms with Crippen LogP contribution in [0.25, 0.3) is 123 Å². The van der Waals surface area contributed by atoms with Gasteiger partial charge in [-0.25, -0.2) is 19.9 Å². The number of hydrogen-bond donors (Lipinski definition) is 0. The van der Waals surface area contributed by atoms with Gasteiger partial charge in [0.25, 0.3) is 0 Å². The highest BCUT2D eigenvalue weighted by molar-refractivity contribution is 6.11.